The predicted molar refractivity (Wildman–Crippen MR) is 91.3 cm³/mol. The van der Waals surface area contributed by atoms with Crippen molar-refractivity contribution in [2.45, 2.75) is 45.7 Å². The minimum atomic E-state index is -1.03. The molecule has 1 atom stereocenters. The van der Waals surface area contributed by atoms with E-state index in [2.05, 4.69) is 10.1 Å². The number of aliphatic carboxylic acids is 1. The number of anilines is 1. The zero-order valence-corrected chi connectivity index (χ0v) is 14.9. The van der Waals surface area contributed by atoms with E-state index in [0.717, 1.165) is 12.8 Å². The Morgan fingerprint density at radius 1 is 1.40 bits per heavy atom. The smallest absolute Gasteiger partial charge is 0.328 e. The summed E-state index contributed by atoms with van der Waals surface area (Å²) in [6.07, 6.45) is 4.55. The van der Waals surface area contributed by atoms with Crippen LogP contribution in [0.2, 0.25) is 0 Å². The van der Waals surface area contributed by atoms with Gasteiger partial charge in [0.2, 0.25) is 0 Å². The van der Waals surface area contributed by atoms with E-state index >= 15 is 0 Å². The van der Waals surface area contributed by atoms with E-state index in [4.69, 9.17) is 5.11 Å². The number of carboxylic acids is 1. The number of amides is 1. The van der Waals surface area contributed by atoms with Gasteiger partial charge in [-0.15, -0.1) is 0 Å². The molecule has 3 rings (SSSR count). The van der Waals surface area contributed by atoms with Gasteiger partial charge in [-0.1, -0.05) is 11.3 Å². The Bertz CT molecular complexity index is 852. The molecule has 0 radical (unpaired) electrons. The van der Waals surface area contributed by atoms with Crippen molar-refractivity contribution < 1.29 is 19.5 Å². The number of aromatic nitrogens is 3. The van der Waals surface area contributed by atoms with Crippen LogP contribution in [0.4, 0.5) is 5.13 Å². The van der Waals surface area contributed by atoms with Crippen LogP contribution in [0.1, 0.15) is 58.5 Å². The number of carboxylic acid groups (broad SMARTS) is 1. The van der Waals surface area contributed by atoms with Gasteiger partial charge in [0.05, 0.1) is 22.3 Å². The number of aryl methyl sites for hydroxylation is 1. The summed E-state index contributed by atoms with van der Waals surface area (Å²) in [5.41, 5.74) is 0.915. The Hall–Kier alpha value is -2.55. The fourth-order valence-electron chi connectivity index (χ4n) is 2.47. The molecule has 9 heteroatoms. The second kappa shape index (κ2) is 6.40. The van der Waals surface area contributed by atoms with E-state index in [9.17, 15) is 14.4 Å². The van der Waals surface area contributed by atoms with Crippen molar-refractivity contribution in [1.29, 1.82) is 0 Å². The van der Waals surface area contributed by atoms with Crippen LogP contribution < -0.4 is 4.90 Å². The normalized spacial score (nSPS) is 15.0. The lowest BCUT2D eigenvalue weighted by atomic mass is 10.3. The number of Topliss-reactive ketones (excluding diaryl/α,β-unsaturated/α-hetero) is 1. The molecule has 0 aliphatic heterocycles. The van der Waals surface area contributed by atoms with Gasteiger partial charge in [0.25, 0.3) is 5.91 Å². The fourth-order valence-corrected chi connectivity index (χ4v) is 3.50. The Morgan fingerprint density at radius 3 is 2.60 bits per heavy atom. The molecule has 25 heavy (non-hydrogen) atoms. The van der Waals surface area contributed by atoms with Crippen LogP contribution in [0.5, 0.6) is 0 Å². The van der Waals surface area contributed by atoms with Gasteiger partial charge in [-0.25, -0.2) is 9.78 Å². The minimum Gasteiger partial charge on any atom is -0.480 e. The number of thiazole rings is 1. The summed E-state index contributed by atoms with van der Waals surface area (Å²) in [5.74, 6) is -1.38. The fraction of sp³-hybridized carbons (Fsp3) is 0.438. The average Bonchev–Trinajstić information content (AvgIpc) is 3.11. The molecule has 2 aromatic heterocycles. The van der Waals surface area contributed by atoms with Gasteiger partial charge >= 0.3 is 5.97 Å². The highest BCUT2D eigenvalue weighted by Crippen LogP contribution is 2.36. The molecule has 8 nitrogen and oxygen atoms in total. The van der Waals surface area contributed by atoms with Crippen LogP contribution in [0.3, 0.4) is 0 Å². The summed E-state index contributed by atoms with van der Waals surface area (Å²) in [7, 11) is 0. The maximum absolute atomic E-state index is 12.9. The summed E-state index contributed by atoms with van der Waals surface area (Å²) in [6.45, 7) is 4.72. The van der Waals surface area contributed by atoms with E-state index in [1.165, 1.54) is 42.3 Å². The first-order chi connectivity index (χ1) is 11.8. The number of carbonyl (C=O) groups excluding carboxylic acids is 2. The van der Waals surface area contributed by atoms with Gasteiger partial charge in [0.15, 0.2) is 10.9 Å². The summed E-state index contributed by atoms with van der Waals surface area (Å²) in [5, 5.41) is 13.5. The number of ketones is 1. The molecular weight excluding hydrogens is 344 g/mol. The standard InChI is InChI=1S/C16H18N4O4S/c1-8-13(10(3)21)25-16(18-8)20(12-4-5-12)14(22)11-6-17-19(7-11)9(2)15(23)24/h6-7,9,12H,4-5H2,1-3H3,(H,23,24). The Kier molecular flexibility index (Phi) is 4.42. The second-order valence-corrected chi connectivity index (χ2v) is 7.07. The third-order valence-electron chi connectivity index (χ3n) is 4.04. The largest absolute Gasteiger partial charge is 0.480 e. The van der Waals surface area contributed by atoms with Crippen molar-refractivity contribution in [3.05, 3.63) is 28.5 Å². The first-order valence-electron chi connectivity index (χ1n) is 7.88. The molecule has 0 saturated heterocycles. The average molecular weight is 362 g/mol. The van der Waals surface area contributed by atoms with Crippen molar-refractivity contribution in [2.75, 3.05) is 4.90 Å². The van der Waals surface area contributed by atoms with Gasteiger partial charge in [0.1, 0.15) is 6.04 Å². The lowest BCUT2D eigenvalue weighted by Crippen LogP contribution is -2.32. The number of hydrogen-bond acceptors (Lipinski definition) is 6. The topological polar surface area (TPSA) is 105 Å². The zero-order chi connectivity index (χ0) is 18.3. The number of carbonyl (C=O) groups is 3. The molecule has 1 unspecified atom stereocenters. The van der Waals surface area contributed by atoms with Gasteiger partial charge in [-0.3, -0.25) is 19.2 Å². The van der Waals surface area contributed by atoms with Crippen LogP contribution in [0.15, 0.2) is 12.4 Å². The molecule has 0 spiro atoms. The molecule has 2 aromatic rings. The minimum absolute atomic E-state index is 0.0538. The molecular formula is C16H18N4O4S. The van der Waals surface area contributed by atoms with Gasteiger partial charge in [0, 0.05) is 19.2 Å². The first kappa shape index (κ1) is 17.3. The molecule has 132 valence electrons. The van der Waals surface area contributed by atoms with Gasteiger partial charge in [-0.05, 0) is 26.7 Å². The van der Waals surface area contributed by atoms with Gasteiger partial charge < -0.3 is 5.11 Å². The van der Waals surface area contributed by atoms with Crippen LogP contribution in [-0.4, -0.2) is 43.6 Å². The Labute approximate surface area is 148 Å². The van der Waals surface area contributed by atoms with E-state index in [0.29, 0.717) is 21.3 Å². The lowest BCUT2D eigenvalue weighted by molar-refractivity contribution is -0.140. The summed E-state index contributed by atoms with van der Waals surface area (Å²) in [6, 6.07) is -0.805. The lowest BCUT2D eigenvalue weighted by Gasteiger charge is -2.18. The van der Waals surface area contributed by atoms with Crippen molar-refractivity contribution in [2.24, 2.45) is 0 Å². The Morgan fingerprint density at radius 2 is 2.08 bits per heavy atom. The zero-order valence-electron chi connectivity index (χ0n) is 14.1. The molecule has 1 amide bonds. The number of rotatable bonds is 6. The molecule has 1 saturated carbocycles. The molecule has 0 bridgehead atoms. The third kappa shape index (κ3) is 3.32. The molecule has 1 fully saturated rings. The van der Waals surface area contributed by atoms with Crippen LogP contribution >= 0.6 is 11.3 Å². The van der Waals surface area contributed by atoms with E-state index < -0.39 is 12.0 Å². The molecule has 0 aromatic carbocycles. The molecule has 1 aliphatic carbocycles. The SMILES string of the molecule is CC(=O)c1sc(N(C(=O)c2cnn(C(C)C(=O)O)c2)C2CC2)nc1C. The highest BCUT2D eigenvalue weighted by molar-refractivity contribution is 7.17. The van der Waals surface area contributed by atoms with Crippen molar-refractivity contribution >= 4 is 34.1 Å². The second-order valence-electron chi connectivity index (χ2n) is 6.10. The summed E-state index contributed by atoms with van der Waals surface area (Å²) < 4.78 is 1.24. The van der Waals surface area contributed by atoms with E-state index in [1.807, 2.05) is 0 Å². The van der Waals surface area contributed by atoms with Gasteiger partial charge in [-0.2, -0.15) is 5.10 Å². The monoisotopic (exact) mass is 362 g/mol. The highest BCUT2D eigenvalue weighted by atomic mass is 32.1. The van der Waals surface area contributed by atoms with Crippen molar-refractivity contribution in [1.82, 2.24) is 14.8 Å². The van der Waals surface area contributed by atoms with Crippen molar-refractivity contribution in [3.63, 3.8) is 0 Å². The van der Waals surface area contributed by atoms with Crippen LogP contribution in [-0.2, 0) is 4.79 Å². The molecule has 1 N–H and O–H groups in total. The first-order valence-corrected chi connectivity index (χ1v) is 8.70. The highest BCUT2D eigenvalue weighted by Gasteiger charge is 2.37. The molecule has 2 heterocycles. The summed E-state index contributed by atoms with van der Waals surface area (Å²) >= 11 is 1.21. The van der Waals surface area contributed by atoms with E-state index in [1.54, 1.807) is 11.8 Å². The van der Waals surface area contributed by atoms with E-state index in [-0.39, 0.29) is 17.7 Å². The summed E-state index contributed by atoms with van der Waals surface area (Å²) in [4.78, 5) is 42.2. The van der Waals surface area contributed by atoms with Crippen molar-refractivity contribution in [3.8, 4) is 0 Å². The molecule has 1 aliphatic rings. The quantitative estimate of drug-likeness (QED) is 0.791. The third-order valence-corrected chi connectivity index (χ3v) is 5.30. The predicted octanol–water partition coefficient (Wildman–Crippen LogP) is 2.31. The Balaban J connectivity index is 1.91. The maximum Gasteiger partial charge on any atom is 0.328 e. The number of nitrogens with zero attached hydrogens (tertiary/aromatic N) is 4. The van der Waals surface area contributed by atoms with Crippen LogP contribution in [0.25, 0.3) is 0 Å². The number of hydrogen-bond donors (Lipinski definition) is 1. The van der Waals surface area contributed by atoms with Crippen LogP contribution in [0, 0.1) is 6.92 Å². The maximum atomic E-state index is 12.9.